The van der Waals surface area contributed by atoms with E-state index in [2.05, 4.69) is 15.0 Å². The second-order valence-electron chi connectivity index (χ2n) is 6.87. The molecule has 1 saturated carbocycles. The number of rotatable bonds is 1. The minimum Gasteiger partial charge on any atom is -0.390 e. The number of nitrogen functional groups attached to an aromatic ring is 1. The van der Waals surface area contributed by atoms with Gasteiger partial charge < -0.3 is 25.7 Å². The fraction of sp³-hybridized carbons (Fsp3) is 0.368. The number of ether oxygens (including phenoxy) is 1. The van der Waals surface area contributed by atoms with Crippen molar-refractivity contribution in [2.45, 2.75) is 37.8 Å². The zero-order chi connectivity index (χ0) is 19.0. The standard InChI is InChI=1S/C13H15ClO3.C6H6N4/c14-8-1-2-9-7(5-8)6-17-13(9)10-3-4-11(15)12(10)16;7-5-4-1-2-8-6(4)10-3-9-5/h1-2,5,10-13,15-16H,3-4,6H2;1-3H,(H3,7,8,9,10). The molecule has 0 spiro atoms. The number of nitrogens with zero attached hydrogens (tertiary/aromatic N) is 2. The molecule has 4 unspecified atom stereocenters. The first-order chi connectivity index (χ1) is 13.0. The molecule has 0 amide bonds. The largest absolute Gasteiger partial charge is 0.390 e. The van der Waals surface area contributed by atoms with Crippen molar-refractivity contribution in [1.82, 2.24) is 15.0 Å². The molecule has 3 heterocycles. The number of hydrogen-bond acceptors (Lipinski definition) is 6. The van der Waals surface area contributed by atoms with Crippen molar-refractivity contribution >= 4 is 28.5 Å². The number of aliphatic hydroxyl groups excluding tert-OH is 2. The molecule has 2 aromatic heterocycles. The summed E-state index contributed by atoms with van der Waals surface area (Å²) in [5.74, 6) is 0.513. The van der Waals surface area contributed by atoms with Gasteiger partial charge in [0.15, 0.2) is 0 Å². The average Bonchev–Trinajstić information content (AvgIpc) is 3.36. The molecule has 27 heavy (non-hydrogen) atoms. The lowest BCUT2D eigenvalue weighted by atomic mass is 9.91. The summed E-state index contributed by atoms with van der Waals surface area (Å²) in [6.45, 7) is 0.542. The van der Waals surface area contributed by atoms with E-state index in [1.807, 2.05) is 24.3 Å². The van der Waals surface area contributed by atoms with Gasteiger partial charge in [0.1, 0.15) is 17.8 Å². The van der Waals surface area contributed by atoms with Crippen LogP contribution in [0.4, 0.5) is 5.82 Å². The van der Waals surface area contributed by atoms with Crippen LogP contribution in [0.2, 0.25) is 5.02 Å². The number of aromatic nitrogens is 3. The highest BCUT2D eigenvalue weighted by atomic mass is 35.5. The molecule has 1 aliphatic heterocycles. The third kappa shape index (κ3) is 3.51. The van der Waals surface area contributed by atoms with Gasteiger partial charge in [0.05, 0.1) is 30.3 Å². The second kappa shape index (κ2) is 7.44. The number of anilines is 1. The van der Waals surface area contributed by atoms with E-state index in [9.17, 15) is 10.2 Å². The van der Waals surface area contributed by atoms with Crippen LogP contribution in [0, 0.1) is 5.92 Å². The molecule has 142 valence electrons. The Morgan fingerprint density at radius 3 is 2.78 bits per heavy atom. The van der Waals surface area contributed by atoms with Gasteiger partial charge in [-0.2, -0.15) is 0 Å². The molecule has 4 atom stereocenters. The van der Waals surface area contributed by atoms with Gasteiger partial charge in [-0.15, -0.1) is 0 Å². The monoisotopic (exact) mass is 388 g/mol. The molecule has 8 heteroatoms. The number of fused-ring (bicyclic) bond motifs is 2. The van der Waals surface area contributed by atoms with E-state index < -0.39 is 12.2 Å². The number of hydrogen-bond donors (Lipinski definition) is 4. The van der Waals surface area contributed by atoms with E-state index in [1.54, 1.807) is 6.20 Å². The molecule has 2 aliphatic rings. The fourth-order valence-electron chi connectivity index (χ4n) is 3.81. The SMILES string of the molecule is Nc1ncnc2[nH]ccc12.OC1CCC(C2OCc3cc(Cl)ccc32)C1O. The van der Waals surface area contributed by atoms with Crippen molar-refractivity contribution in [2.75, 3.05) is 5.73 Å². The lowest BCUT2D eigenvalue weighted by Gasteiger charge is -2.23. The Balaban J connectivity index is 0.000000153. The van der Waals surface area contributed by atoms with Crippen molar-refractivity contribution in [3.05, 3.63) is 52.9 Å². The summed E-state index contributed by atoms with van der Waals surface area (Å²) < 4.78 is 5.75. The minimum atomic E-state index is -0.679. The van der Waals surface area contributed by atoms with Crippen molar-refractivity contribution in [3.63, 3.8) is 0 Å². The second-order valence-corrected chi connectivity index (χ2v) is 7.31. The number of nitrogens with two attached hydrogens (primary N) is 1. The first-order valence-corrected chi connectivity index (χ1v) is 9.22. The Morgan fingerprint density at radius 2 is 2.04 bits per heavy atom. The van der Waals surface area contributed by atoms with Crippen LogP contribution in [0.25, 0.3) is 11.0 Å². The Kier molecular flexibility index (Phi) is 5.01. The first-order valence-electron chi connectivity index (χ1n) is 8.84. The van der Waals surface area contributed by atoms with Crippen molar-refractivity contribution in [1.29, 1.82) is 0 Å². The Hall–Kier alpha value is -2.19. The molecule has 1 fully saturated rings. The van der Waals surface area contributed by atoms with Crippen molar-refractivity contribution in [2.24, 2.45) is 5.92 Å². The van der Waals surface area contributed by atoms with Gasteiger partial charge in [0.25, 0.3) is 0 Å². The average molecular weight is 389 g/mol. The molecular weight excluding hydrogens is 368 g/mol. The zero-order valence-electron chi connectivity index (χ0n) is 14.5. The van der Waals surface area contributed by atoms with Crippen molar-refractivity contribution in [3.8, 4) is 0 Å². The Morgan fingerprint density at radius 1 is 1.19 bits per heavy atom. The maximum atomic E-state index is 9.94. The van der Waals surface area contributed by atoms with Gasteiger partial charge in [0, 0.05) is 17.1 Å². The summed E-state index contributed by atoms with van der Waals surface area (Å²) in [6.07, 6.45) is 3.28. The third-order valence-electron chi connectivity index (χ3n) is 5.23. The normalized spacial score (nSPS) is 26.6. The molecule has 1 aliphatic carbocycles. The van der Waals surface area contributed by atoms with Gasteiger partial charge in [0.2, 0.25) is 0 Å². The van der Waals surface area contributed by atoms with E-state index in [1.165, 1.54) is 6.33 Å². The predicted molar refractivity (Wildman–Crippen MR) is 102 cm³/mol. The lowest BCUT2D eigenvalue weighted by Crippen LogP contribution is -2.28. The van der Waals surface area contributed by atoms with Crippen LogP contribution in [0.15, 0.2) is 36.8 Å². The smallest absolute Gasteiger partial charge is 0.142 e. The maximum Gasteiger partial charge on any atom is 0.142 e. The Bertz CT molecular complexity index is 948. The fourth-order valence-corrected chi connectivity index (χ4v) is 4.01. The number of halogens is 1. The number of nitrogens with one attached hydrogen (secondary N) is 1. The topological polar surface area (TPSA) is 117 Å². The molecule has 5 N–H and O–H groups in total. The van der Waals surface area contributed by atoms with Gasteiger partial charge in [-0.05, 0) is 42.2 Å². The summed E-state index contributed by atoms with van der Waals surface area (Å²) in [4.78, 5) is 10.7. The Labute approximate surface area is 161 Å². The van der Waals surface area contributed by atoms with Gasteiger partial charge in [-0.1, -0.05) is 17.7 Å². The van der Waals surface area contributed by atoms with Crippen LogP contribution >= 0.6 is 11.6 Å². The summed E-state index contributed by atoms with van der Waals surface area (Å²) in [5.41, 5.74) is 8.51. The number of aromatic amines is 1. The number of benzene rings is 1. The summed E-state index contributed by atoms with van der Waals surface area (Å²) in [7, 11) is 0. The van der Waals surface area contributed by atoms with E-state index in [4.69, 9.17) is 22.1 Å². The van der Waals surface area contributed by atoms with Crippen LogP contribution < -0.4 is 5.73 Å². The molecule has 0 saturated heterocycles. The molecule has 1 aromatic carbocycles. The summed E-state index contributed by atoms with van der Waals surface area (Å²) in [6, 6.07) is 7.58. The van der Waals surface area contributed by atoms with Crippen molar-refractivity contribution < 1.29 is 14.9 Å². The molecular formula is C19H21ClN4O3. The molecule has 3 aromatic rings. The van der Waals surface area contributed by atoms with Crippen LogP contribution in [0.5, 0.6) is 0 Å². The molecule has 0 bridgehead atoms. The maximum absolute atomic E-state index is 9.94. The first kappa shape index (κ1) is 18.2. The minimum absolute atomic E-state index is 0.00701. The van der Waals surface area contributed by atoms with Gasteiger partial charge in [-0.25, -0.2) is 9.97 Å². The van der Waals surface area contributed by atoms with E-state index >= 15 is 0 Å². The lowest BCUT2D eigenvalue weighted by molar-refractivity contribution is -0.0458. The van der Waals surface area contributed by atoms with E-state index in [0.29, 0.717) is 23.9 Å². The highest BCUT2D eigenvalue weighted by molar-refractivity contribution is 6.30. The highest BCUT2D eigenvalue weighted by Crippen LogP contribution is 2.44. The van der Waals surface area contributed by atoms with Crippen LogP contribution in [0.3, 0.4) is 0 Å². The number of aliphatic hydroxyl groups is 2. The van der Waals surface area contributed by atoms with Gasteiger partial charge >= 0.3 is 0 Å². The quantitative estimate of drug-likeness (QED) is 0.509. The predicted octanol–water partition coefficient (Wildman–Crippen LogP) is 2.58. The van der Waals surface area contributed by atoms with Crippen LogP contribution in [-0.4, -0.2) is 37.4 Å². The number of H-pyrrole nitrogens is 1. The van der Waals surface area contributed by atoms with E-state index in [-0.39, 0.29) is 12.0 Å². The highest BCUT2D eigenvalue weighted by Gasteiger charge is 2.42. The molecule has 5 rings (SSSR count). The van der Waals surface area contributed by atoms with Crippen LogP contribution in [-0.2, 0) is 11.3 Å². The third-order valence-corrected chi connectivity index (χ3v) is 5.47. The molecule has 0 radical (unpaired) electrons. The van der Waals surface area contributed by atoms with E-state index in [0.717, 1.165) is 28.6 Å². The molecule has 7 nitrogen and oxygen atoms in total. The summed E-state index contributed by atoms with van der Waals surface area (Å²) in [5, 5.41) is 21.1. The van der Waals surface area contributed by atoms with Gasteiger partial charge in [-0.3, -0.25) is 0 Å². The van der Waals surface area contributed by atoms with Crippen LogP contribution in [0.1, 0.15) is 30.1 Å². The summed E-state index contributed by atoms with van der Waals surface area (Å²) >= 11 is 5.94. The zero-order valence-corrected chi connectivity index (χ0v) is 15.3.